The zero-order valence-electron chi connectivity index (χ0n) is 20.3. The van der Waals surface area contributed by atoms with Crippen molar-refractivity contribution in [3.63, 3.8) is 0 Å². The molecule has 0 saturated carbocycles. The average molecular weight is 576 g/mol. The number of carbonyl (C=O) groups is 3. The van der Waals surface area contributed by atoms with Crippen molar-refractivity contribution in [3.8, 4) is 5.75 Å². The van der Waals surface area contributed by atoms with Crippen molar-refractivity contribution in [3.05, 3.63) is 73.2 Å². The minimum absolute atomic E-state index is 0.134. The van der Waals surface area contributed by atoms with Crippen LogP contribution in [0.25, 0.3) is 5.57 Å². The molecular weight excluding hydrogens is 554 g/mol. The van der Waals surface area contributed by atoms with Crippen LogP contribution in [-0.4, -0.2) is 49.1 Å². The number of amides is 1. The van der Waals surface area contributed by atoms with Crippen LogP contribution in [0.4, 0.5) is 5.69 Å². The highest BCUT2D eigenvalue weighted by molar-refractivity contribution is 8.29. The van der Waals surface area contributed by atoms with Gasteiger partial charge in [0, 0.05) is 16.2 Å². The number of thioether (sulfide) groups is 2. The fraction of sp³-hybridized carbons (Fsp3) is 0.231. The van der Waals surface area contributed by atoms with E-state index in [0.29, 0.717) is 36.7 Å². The molecule has 0 unspecified atom stereocenters. The first-order valence-corrected chi connectivity index (χ1v) is 13.4. The molecule has 11 heteroatoms. The van der Waals surface area contributed by atoms with Crippen molar-refractivity contribution in [1.82, 2.24) is 0 Å². The number of hydrogen-bond acceptors (Lipinski definition) is 9. The predicted octanol–water partition coefficient (Wildman–Crippen LogP) is 5.62. The number of rotatable bonds is 5. The van der Waals surface area contributed by atoms with Gasteiger partial charge in [-0.15, -0.1) is 0 Å². The Morgan fingerprint density at radius 3 is 2.08 bits per heavy atom. The van der Waals surface area contributed by atoms with E-state index in [0.717, 1.165) is 23.5 Å². The molecule has 2 aliphatic rings. The summed E-state index contributed by atoms with van der Waals surface area (Å²) in [7, 11) is 2.50. The fourth-order valence-electron chi connectivity index (χ4n) is 3.96. The van der Waals surface area contributed by atoms with Gasteiger partial charge >= 0.3 is 11.9 Å². The van der Waals surface area contributed by atoms with Crippen LogP contribution < -0.4 is 9.64 Å². The maximum Gasteiger partial charge on any atom is 0.346 e. The van der Waals surface area contributed by atoms with Crippen molar-refractivity contribution in [1.29, 1.82) is 0 Å². The molecule has 1 amide bonds. The summed E-state index contributed by atoms with van der Waals surface area (Å²) in [6.45, 7) is 3.50. The minimum Gasteiger partial charge on any atom is -0.484 e. The molecule has 0 bridgehead atoms. The van der Waals surface area contributed by atoms with Gasteiger partial charge in [-0.2, -0.15) is 0 Å². The molecule has 0 atom stereocenters. The van der Waals surface area contributed by atoms with Crippen molar-refractivity contribution < 1.29 is 28.6 Å². The molecule has 2 heterocycles. The maximum absolute atomic E-state index is 13.5. The molecule has 0 N–H and O–H groups in total. The normalized spacial score (nSPS) is 16.5. The van der Waals surface area contributed by atoms with E-state index in [1.165, 1.54) is 14.2 Å². The molecule has 7 nitrogen and oxygen atoms in total. The van der Waals surface area contributed by atoms with Gasteiger partial charge in [0.05, 0.1) is 34.5 Å². The van der Waals surface area contributed by atoms with Crippen molar-refractivity contribution in [2.24, 2.45) is 0 Å². The summed E-state index contributed by atoms with van der Waals surface area (Å²) in [5.74, 6) is -1.05. The molecule has 2 aromatic rings. The van der Waals surface area contributed by atoms with Crippen LogP contribution in [0.2, 0.25) is 5.02 Å². The predicted molar refractivity (Wildman–Crippen MR) is 151 cm³/mol. The Labute approximate surface area is 233 Å². The van der Waals surface area contributed by atoms with Crippen molar-refractivity contribution in [2.45, 2.75) is 19.4 Å². The third kappa shape index (κ3) is 5.16. The second-order valence-electron chi connectivity index (χ2n) is 8.39. The van der Waals surface area contributed by atoms with Gasteiger partial charge in [0.1, 0.15) is 15.6 Å². The monoisotopic (exact) mass is 575 g/mol. The molecule has 4 rings (SSSR count). The van der Waals surface area contributed by atoms with E-state index in [-0.39, 0.29) is 22.3 Å². The molecule has 2 aromatic carbocycles. The molecule has 0 saturated heterocycles. The molecular formula is C26H22ClNO6S3. The number of ether oxygens (including phenoxy) is 3. The first-order valence-electron chi connectivity index (χ1n) is 11.0. The summed E-state index contributed by atoms with van der Waals surface area (Å²) < 4.78 is 16.1. The van der Waals surface area contributed by atoms with Gasteiger partial charge in [-0.25, -0.2) is 9.59 Å². The molecule has 2 aliphatic heterocycles. The highest BCUT2D eigenvalue weighted by atomic mass is 35.5. The molecule has 0 radical (unpaired) electrons. The lowest BCUT2D eigenvalue weighted by Gasteiger charge is -2.45. The second-order valence-corrected chi connectivity index (χ2v) is 11.5. The van der Waals surface area contributed by atoms with Crippen LogP contribution in [-0.2, 0) is 23.9 Å². The molecule has 37 heavy (non-hydrogen) atoms. The van der Waals surface area contributed by atoms with Crippen LogP contribution in [0.5, 0.6) is 5.75 Å². The number of carbonyl (C=O) groups excluding carboxylic acids is 3. The summed E-state index contributed by atoms with van der Waals surface area (Å²) in [6.07, 6.45) is 0. The highest BCUT2D eigenvalue weighted by Gasteiger charge is 2.46. The molecule has 0 aliphatic carbocycles. The summed E-state index contributed by atoms with van der Waals surface area (Å²) in [5, 5.41) is 0.568. The van der Waals surface area contributed by atoms with E-state index >= 15 is 0 Å². The van der Waals surface area contributed by atoms with E-state index in [1.54, 1.807) is 29.2 Å². The zero-order valence-corrected chi connectivity index (χ0v) is 23.5. The molecule has 0 fully saturated rings. The zero-order chi connectivity index (χ0) is 26.9. The van der Waals surface area contributed by atoms with Crippen LogP contribution in [0.3, 0.4) is 0 Å². The van der Waals surface area contributed by atoms with Gasteiger partial charge in [0.2, 0.25) is 0 Å². The Kier molecular flexibility index (Phi) is 8.03. The number of esters is 2. The number of hydrogen-bond donors (Lipinski definition) is 0. The lowest BCUT2D eigenvalue weighted by atomic mass is 9.83. The van der Waals surface area contributed by atoms with Crippen LogP contribution in [0, 0.1) is 0 Å². The van der Waals surface area contributed by atoms with Crippen LogP contribution in [0.1, 0.15) is 19.4 Å². The summed E-state index contributed by atoms with van der Waals surface area (Å²) in [5.41, 5.74) is 1.10. The lowest BCUT2D eigenvalue weighted by Crippen LogP contribution is -2.57. The van der Waals surface area contributed by atoms with Gasteiger partial charge in [-0.3, -0.25) is 9.69 Å². The Morgan fingerprint density at radius 1 is 0.946 bits per heavy atom. The minimum atomic E-state index is -0.924. The number of methoxy groups -OCH3 is 2. The number of para-hydroxylation sites is 1. The third-order valence-corrected chi connectivity index (χ3v) is 9.24. The van der Waals surface area contributed by atoms with Gasteiger partial charge in [0.15, 0.2) is 6.61 Å². The topological polar surface area (TPSA) is 82.1 Å². The third-order valence-electron chi connectivity index (χ3n) is 5.72. The number of nitrogens with zero attached hydrogens (tertiary/aromatic N) is 1. The number of anilines is 1. The Balaban J connectivity index is 1.74. The summed E-state index contributed by atoms with van der Waals surface area (Å²) in [6, 6.07) is 14.1. The van der Waals surface area contributed by atoms with Gasteiger partial charge in [-0.1, -0.05) is 65.5 Å². The van der Waals surface area contributed by atoms with E-state index in [2.05, 4.69) is 0 Å². The average Bonchev–Trinajstić information content (AvgIpc) is 3.33. The maximum atomic E-state index is 13.5. The SMILES string of the molecule is COC(=O)C1=C(C(=O)OC)SC(=C2C(=S)C(C)(C)N(C(=O)COc3ccc(Cl)cc3)c3ccccc32)S1. The first kappa shape index (κ1) is 27.3. The van der Waals surface area contributed by atoms with Crippen LogP contribution >= 0.6 is 47.3 Å². The molecule has 0 aromatic heterocycles. The largest absolute Gasteiger partial charge is 0.484 e. The van der Waals surface area contributed by atoms with Gasteiger partial charge in [-0.05, 0) is 44.2 Å². The Morgan fingerprint density at radius 2 is 1.51 bits per heavy atom. The van der Waals surface area contributed by atoms with E-state index in [1.807, 2.05) is 38.1 Å². The van der Waals surface area contributed by atoms with Crippen molar-refractivity contribution in [2.75, 3.05) is 25.7 Å². The molecule has 192 valence electrons. The lowest BCUT2D eigenvalue weighted by molar-refractivity contribution is -0.138. The second kappa shape index (κ2) is 10.9. The fourth-order valence-corrected chi connectivity index (χ4v) is 7.11. The van der Waals surface area contributed by atoms with E-state index in [4.69, 9.17) is 38.0 Å². The number of fused-ring (bicyclic) bond motifs is 1. The van der Waals surface area contributed by atoms with E-state index in [9.17, 15) is 14.4 Å². The standard InChI is InChI=1S/C26H22ClNO6S3/c1-26(2)22(35)19(25-36-20(23(30)32-3)21(37-25)24(31)33-4)16-7-5-6-8-17(16)28(26)18(29)13-34-15-11-9-14(27)10-12-15/h5-12H,13H2,1-4H3. The highest BCUT2D eigenvalue weighted by Crippen LogP contribution is 2.56. The van der Waals surface area contributed by atoms with E-state index < -0.39 is 17.5 Å². The number of halogens is 1. The van der Waals surface area contributed by atoms with Gasteiger partial charge < -0.3 is 14.2 Å². The van der Waals surface area contributed by atoms with Gasteiger partial charge in [0.25, 0.3) is 5.91 Å². The molecule has 0 spiro atoms. The quantitative estimate of drug-likeness (QED) is 0.256. The number of benzene rings is 2. The summed E-state index contributed by atoms with van der Waals surface area (Å²) >= 11 is 14.1. The Bertz CT molecular complexity index is 1340. The first-order chi connectivity index (χ1) is 17.6. The Hall–Kier alpha value is -2.79. The van der Waals surface area contributed by atoms with Crippen LogP contribution in [0.15, 0.2) is 62.6 Å². The smallest absolute Gasteiger partial charge is 0.346 e. The number of thiocarbonyl (C=S) groups is 1. The summed E-state index contributed by atoms with van der Waals surface area (Å²) in [4.78, 5) is 40.7. The van der Waals surface area contributed by atoms with Crippen molar-refractivity contribution >= 4 is 81.3 Å².